The minimum atomic E-state index is -0.524. The third kappa shape index (κ3) is 1.96. The smallest absolute Gasteiger partial charge is 0.325 e. The molecule has 0 saturated heterocycles. The van der Waals surface area contributed by atoms with Gasteiger partial charge in [-0.25, -0.2) is 9.78 Å². The molecule has 3 aromatic heterocycles. The second-order valence-corrected chi connectivity index (χ2v) is 5.98. The number of hydrogen-bond acceptors (Lipinski definition) is 4. The number of nitrogens with one attached hydrogen (secondary N) is 4. The van der Waals surface area contributed by atoms with Gasteiger partial charge in [-0.05, 0) is 17.7 Å². The predicted octanol–water partition coefficient (Wildman–Crippen LogP) is 2.12. The van der Waals surface area contributed by atoms with E-state index in [9.17, 15) is 9.59 Å². The molecule has 4 aromatic rings. The Morgan fingerprint density at radius 1 is 0.920 bits per heavy atom. The molecule has 1 unspecified atom stereocenters. The highest BCUT2D eigenvalue weighted by Gasteiger charge is 2.27. The minimum absolute atomic E-state index is 0.416. The van der Waals surface area contributed by atoms with Crippen LogP contribution in [-0.4, -0.2) is 19.9 Å². The Morgan fingerprint density at radius 2 is 1.76 bits per heavy atom. The van der Waals surface area contributed by atoms with Crippen LogP contribution in [0.5, 0.6) is 0 Å². The lowest BCUT2D eigenvalue weighted by Crippen LogP contribution is -2.28. The van der Waals surface area contributed by atoms with Gasteiger partial charge < -0.3 is 15.3 Å². The summed E-state index contributed by atoms with van der Waals surface area (Å²) >= 11 is 0. The highest BCUT2D eigenvalue weighted by molar-refractivity contribution is 6.01. The molecule has 7 nitrogen and oxygen atoms in total. The van der Waals surface area contributed by atoms with E-state index in [0.29, 0.717) is 5.56 Å². The predicted molar refractivity (Wildman–Crippen MR) is 94.7 cm³/mol. The van der Waals surface area contributed by atoms with Gasteiger partial charge in [-0.2, -0.15) is 0 Å². The van der Waals surface area contributed by atoms with Crippen LogP contribution in [0.1, 0.15) is 17.2 Å². The summed E-state index contributed by atoms with van der Waals surface area (Å²) < 4.78 is 0. The number of rotatable bonds is 1. The topological polar surface area (TPSA) is 106 Å². The molecule has 0 spiro atoms. The van der Waals surface area contributed by atoms with Gasteiger partial charge in [-0.1, -0.05) is 18.2 Å². The Balaban J connectivity index is 1.88. The zero-order valence-electron chi connectivity index (χ0n) is 13.0. The standard InChI is InChI=1S/C18H13N5O2/c24-17-12(8-21-18(25)23-17)15-11-7-20-16-14(11)10(5-6-19-16)9-3-1-2-4-13(9)22-15/h1-8,15,22H,(H,19,20)(H2,21,23,24,25). The van der Waals surface area contributed by atoms with Crippen LogP contribution < -0.4 is 16.6 Å². The number of nitrogens with zero attached hydrogens (tertiary/aromatic N) is 1. The van der Waals surface area contributed by atoms with Gasteiger partial charge in [0.1, 0.15) is 5.65 Å². The van der Waals surface area contributed by atoms with E-state index in [2.05, 4.69) is 25.3 Å². The third-order valence-electron chi connectivity index (χ3n) is 4.59. The molecule has 1 aliphatic rings. The maximum absolute atomic E-state index is 12.4. The van der Waals surface area contributed by atoms with Crippen molar-refractivity contribution >= 4 is 16.7 Å². The third-order valence-corrected chi connectivity index (χ3v) is 4.59. The number of pyridine rings is 1. The summed E-state index contributed by atoms with van der Waals surface area (Å²) in [6.45, 7) is 0. The minimum Gasteiger partial charge on any atom is -0.373 e. The first-order chi connectivity index (χ1) is 12.2. The molecular formula is C18H13N5O2. The van der Waals surface area contributed by atoms with Crippen molar-refractivity contribution in [1.29, 1.82) is 0 Å². The second-order valence-electron chi connectivity index (χ2n) is 5.98. The van der Waals surface area contributed by atoms with E-state index >= 15 is 0 Å². The van der Waals surface area contributed by atoms with Gasteiger partial charge in [0.25, 0.3) is 5.56 Å². The largest absolute Gasteiger partial charge is 0.373 e. The van der Waals surface area contributed by atoms with Crippen molar-refractivity contribution < 1.29 is 0 Å². The zero-order valence-corrected chi connectivity index (χ0v) is 13.0. The monoisotopic (exact) mass is 331 g/mol. The quantitative estimate of drug-likeness (QED) is 0.428. The number of hydrogen-bond donors (Lipinski definition) is 4. The molecule has 0 bridgehead atoms. The van der Waals surface area contributed by atoms with Gasteiger partial charge in [-0.3, -0.25) is 9.78 Å². The fourth-order valence-electron chi connectivity index (χ4n) is 3.49. The van der Waals surface area contributed by atoms with E-state index in [1.165, 1.54) is 6.20 Å². The Bertz CT molecular complexity index is 1230. The molecule has 0 aliphatic carbocycles. The van der Waals surface area contributed by atoms with Gasteiger partial charge in [0.05, 0.1) is 11.6 Å². The molecule has 0 fully saturated rings. The van der Waals surface area contributed by atoms with Crippen LogP contribution >= 0.6 is 0 Å². The summed E-state index contributed by atoms with van der Waals surface area (Å²) in [5, 5.41) is 4.41. The number of anilines is 1. The first kappa shape index (κ1) is 13.8. The van der Waals surface area contributed by atoms with Crippen molar-refractivity contribution in [2.24, 2.45) is 0 Å². The van der Waals surface area contributed by atoms with E-state index in [4.69, 9.17) is 0 Å². The van der Waals surface area contributed by atoms with Gasteiger partial charge in [0, 0.05) is 40.8 Å². The summed E-state index contributed by atoms with van der Waals surface area (Å²) in [7, 11) is 0. The Hall–Kier alpha value is -3.61. The molecule has 1 aliphatic heterocycles. The molecule has 0 radical (unpaired) electrons. The lowest BCUT2D eigenvalue weighted by Gasteiger charge is -2.18. The van der Waals surface area contributed by atoms with E-state index in [0.717, 1.165) is 33.4 Å². The number of aromatic amines is 3. The number of para-hydroxylation sites is 1. The van der Waals surface area contributed by atoms with Crippen LogP contribution in [0.4, 0.5) is 5.69 Å². The Labute approximate surface area is 140 Å². The average Bonchev–Trinajstić information content (AvgIpc) is 2.98. The van der Waals surface area contributed by atoms with Crippen molar-refractivity contribution in [3.8, 4) is 11.1 Å². The number of H-pyrrole nitrogens is 3. The van der Waals surface area contributed by atoms with Crippen LogP contribution in [0.25, 0.3) is 22.2 Å². The molecule has 1 atom stereocenters. The fraction of sp³-hybridized carbons (Fsp3) is 0.0556. The average molecular weight is 331 g/mol. The van der Waals surface area contributed by atoms with Gasteiger partial charge in [-0.15, -0.1) is 0 Å². The summed E-state index contributed by atoms with van der Waals surface area (Å²) in [5.41, 5.74) is 4.17. The molecule has 0 saturated carbocycles. The molecule has 4 heterocycles. The molecule has 122 valence electrons. The maximum atomic E-state index is 12.4. The normalized spacial score (nSPS) is 15.4. The summed E-state index contributed by atoms with van der Waals surface area (Å²) in [5.74, 6) is 0. The number of benzene rings is 1. The number of aromatic nitrogens is 4. The van der Waals surface area contributed by atoms with Crippen LogP contribution in [-0.2, 0) is 0 Å². The van der Waals surface area contributed by atoms with E-state index in [1.54, 1.807) is 6.20 Å². The molecular weight excluding hydrogens is 318 g/mol. The van der Waals surface area contributed by atoms with E-state index in [-0.39, 0.29) is 0 Å². The lowest BCUT2D eigenvalue weighted by molar-refractivity contribution is 0.881. The highest BCUT2D eigenvalue weighted by atomic mass is 16.2. The SMILES string of the molecule is O=c1[nH]cc(C2Nc3ccccc3-c3ccnc4[nH]cc2c34)c(=O)[nH]1. The molecule has 0 amide bonds. The van der Waals surface area contributed by atoms with Crippen molar-refractivity contribution in [2.75, 3.05) is 5.32 Å². The Kier molecular flexibility index (Phi) is 2.73. The van der Waals surface area contributed by atoms with Gasteiger partial charge in [0.2, 0.25) is 0 Å². The number of fused-ring (bicyclic) bond motifs is 2. The summed E-state index contributed by atoms with van der Waals surface area (Å²) in [4.78, 5) is 36.2. The van der Waals surface area contributed by atoms with Crippen molar-refractivity contribution in [3.05, 3.63) is 80.9 Å². The summed E-state index contributed by atoms with van der Waals surface area (Å²) in [6.07, 6.45) is 5.08. The molecule has 4 N–H and O–H groups in total. The fourth-order valence-corrected chi connectivity index (χ4v) is 3.49. The van der Waals surface area contributed by atoms with Gasteiger partial charge >= 0.3 is 5.69 Å². The van der Waals surface area contributed by atoms with Crippen LogP contribution in [0.2, 0.25) is 0 Å². The van der Waals surface area contributed by atoms with Crippen LogP contribution in [0.15, 0.2) is 58.5 Å². The van der Waals surface area contributed by atoms with E-state index < -0.39 is 17.3 Å². The van der Waals surface area contributed by atoms with Crippen LogP contribution in [0, 0.1) is 0 Å². The zero-order chi connectivity index (χ0) is 17.0. The van der Waals surface area contributed by atoms with Crippen molar-refractivity contribution in [1.82, 2.24) is 19.9 Å². The highest BCUT2D eigenvalue weighted by Crippen LogP contribution is 2.42. The maximum Gasteiger partial charge on any atom is 0.325 e. The molecule has 7 heteroatoms. The molecule has 25 heavy (non-hydrogen) atoms. The first-order valence-corrected chi connectivity index (χ1v) is 7.86. The van der Waals surface area contributed by atoms with Crippen LogP contribution in [0.3, 0.4) is 0 Å². The summed E-state index contributed by atoms with van der Waals surface area (Å²) in [6, 6.07) is 9.49. The first-order valence-electron chi connectivity index (χ1n) is 7.86. The lowest BCUT2D eigenvalue weighted by atomic mass is 9.98. The Morgan fingerprint density at radius 3 is 2.64 bits per heavy atom. The van der Waals surface area contributed by atoms with Crippen molar-refractivity contribution in [2.45, 2.75) is 6.04 Å². The van der Waals surface area contributed by atoms with Gasteiger partial charge in [0.15, 0.2) is 0 Å². The van der Waals surface area contributed by atoms with E-state index in [1.807, 2.05) is 36.5 Å². The molecule has 1 aromatic carbocycles. The molecule has 5 rings (SSSR count). The van der Waals surface area contributed by atoms with Crippen molar-refractivity contribution in [3.63, 3.8) is 0 Å². The second kappa shape index (κ2) is 4.94.